The number of nitrogens with one attached hydrogen (secondary N) is 1. The second kappa shape index (κ2) is 6.82. The zero-order chi connectivity index (χ0) is 14.7. The number of anilines is 1. The first-order valence-electron chi connectivity index (χ1n) is 7.29. The Labute approximate surface area is 139 Å². The van der Waals surface area contributed by atoms with Crippen LogP contribution in [-0.2, 0) is 6.54 Å². The Balaban J connectivity index is 1.56. The van der Waals surface area contributed by atoms with Crippen molar-refractivity contribution in [3.8, 4) is 0 Å². The molecule has 1 fully saturated rings. The Hall–Kier alpha value is -1.03. The van der Waals surface area contributed by atoms with E-state index in [0.29, 0.717) is 0 Å². The Bertz CT molecular complexity index is 592. The summed E-state index contributed by atoms with van der Waals surface area (Å²) in [5.41, 5.74) is 2.65. The Morgan fingerprint density at radius 3 is 2.43 bits per heavy atom. The molecule has 0 amide bonds. The monoisotopic (exact) mass is 365 g/mol. The van der Waals surface area contributed by atoms with Crippen molar-refractivity contribution in [3.05, 3.63) is 63.6 Å². The predicted octanol–water partition coefficient (Wildman–Crippen LogP) is 3.01. The number of hydrogen-bond acceptors (Lipinski definition) is 1. The summed E-state index contributed by atoms with van der Waals surface area (Å²) in [6.45, 7) is 5.63. The Morgan fingerprint density at radius 1 is 1.05 bits per heavy atom. The molecule has 1 heterocycles. The van der Waals surface area contributed by atoms with E-state index in [9.17, 15) is 0 Å². The van der Waals surface area contributed by atoms with Crippen molar-refractivity contribution in [1.29, 1.82) is 0 Å². The molecule has 0 aliphatic carbocycles. The third kappa shape index (κ3) is 4.00. The van der Waals surface area contributed by atoms with Crippen LogP contribution in [0.15, 0.2) is 53.0 Å². The molecule has 1 aliphatic heterocycles. The number of halogens is 2. The van der Waals surface area contributed by atoms with Gasteiger partial charge in [-0.3, -0.25) is 0 Å². The molecule has 1 aliphatic rings. The van der Waals surface area contributed by atoms with Crippen molar-refractivity contribution in [2.75, 3.05) is 31.1 Å². The van der Waals surface area contributed by atoms with Crippen LogP contribution >= 0.6 is 27.5 Å². The standard InChI is InChI=1S/C17H18BrClN2/c18-15-6-4-14(5-7-15)13-20-8-10-21(11-9-20)17-3-1-2-16(19)12-17/h1-7,12H,8-11,13H2/p+1. The molecule has 4 heteroatoms. The quantitative estimate of drug-likeness (QED) is 0.877. The van der Waals surface area contributed by atoms with E-state index in [1.165, 1.54) is 24.3 Å². The van der Waals surface area contributed by atoms with Gasteiger partial charge in [-0.05, 0) is 30.3 Å². The number of rotatable bonds is 3. The van der Waals surface area contributed by atoms with Crippen LogP contribution in [0, 0.1) is 0 Å². The van der Waals surface area contributed by atoms with Crippen molar-refractivity contribution in [3.63, 3.8) is 0 Å². The second-order valence-corrected chi connectivity index (χ2v) is 6.87. The number of benzene rings is 2. The SMILES string of the molecule is Clc1cccc(N2CC[NH+](Cc3ccc(Br)cc3)CC2)c1. The molecule has 0 unspecified atom stereocenters. The first-order valence-corrected chi connectivity index (χ1v) is 8.46. The van der Waals surface area contributed by atoms with Crippen LogP contribution in [0.2, 0.25) is 5.02 Å². The number of hydrogen-bond donors (Lipinski definition) is 1. The molecular formula is C17H19BrClN2+. The van der Waals surface area contributed by atoms with Crippen molar-refractivity contribution >= 4 is 33.2 Å². The van der Waals surface area contributed by atoms with Crippen molar-refractivity contribution < 1.29 is 4.90 Å². The normalized spacial score (nSPS) is 16.2. The highest BCUT2D eigenvalue weighted by molar-refractivity contribution is 9.10. The molecule has 2 nitrogen and oxygen atoms in total. The van der Waals surface area contributed by atoms with Gasteiger partial charge in [-0.15, -0.1) is 0 Å². The molecule has 110 valence electrons. The van der Waals surface area contributed by atoms with Gasteiger partial charge in [-0.1, -0.05) is 45.7 Å². The Kier molecular flexibility index (Phi) is 4.84. The summed E-state index contributed by atoms with van der Waals surface area (Å²) in [5.74, 6) is 0. The van der Waals surface area contributed by atoms with Gasteiger partial charge in [0.05, 0.1) is 26.2 Å². The van der Waals surface area contributed by atoms with Crippen molar-refractivity contribution in [2.45, 2.75) is 6.54 Å². The number of nitrogens with zero attached hydrogens (tertiary/aromatic N) is 1. The lowest BCUT2D eigenvalue weighted by atomic mass is 10.2. The second-order valence-electron chi connectivity index (χ2n) is 5.52. The third-order valence-corrected chi connectivity index (χ3v) is 4.78. The molecule has 0 saturated carbocycles. The lowest BCUT2D eigenvalue weighted by Crippen LogP contribution is -3.13. The highest BCUT2D eigenvalue weighted by atomic mass is 79.9. The summed E-state index contributed by atoms with van der Waals surface area (Å²) < 4.78 is 1.15. The molecular weight excluding hydrogens is 348 g/mol. The van der Waals surface area contributed by atoms with Crippen LogP contribution in [0.4, 0.5) is 5.69 Å². The van der Waals surface area contributed by atoms with Gasteiger partial charge in [0.1, 0.15) is 6.54 Å². The summed E-state index contributed by atoms with van der Waals surface area (Å²) >= 11 is 9.56. The van der Waals surface area contributed by atoms with E-state index in [0.717, 1.165) is 29.1 Å². The highest BCUT2D eigenvalue weighted by Crippen LogP contribution is 2.19. The fourth-order valence-electron chi connectivity index (χ4n) is 2.82. The highest BCUT2D eigenvalue weighted by Gasteiger charge is 2.20. The summed E-state index contributed by atoms with van der Waals surface area (Å²) in [7, 11) is 0. The van der Waals surface area contributed by atoms with E-state index >= 15 is 0 Å². The first kappa shape index (κ1) is 14.9. The van der Waals surface area contributed by atoms with E-state index in [1.54, 1.807) is 4.90 Å². The number of quaternary nitrogens is 1. The van der Waals surface area contributed by atoms with E-state index in [1.807, 2.05) is 12.1 Å². The average molecular weight is 367 g/mol. The van der Waals surface area contributed by atoms with Crippen LogP contribution < -0.4 is 9.80 Å². The zero-order valence-corrected chi connectivity index (χ0v) is 14.2. The van der Waals surface area contributed by atoms with Gasteiger partial charge in [-0.25, -0.2) is 0 Å². The van der Waals surface area contributed by atoms with Gasteiger partial charge in [0.25, 0.3) is 0 Å². The van der Waals surface area contributed by atoms with Gasteiger partial charge in [0.2, 0.25) is 0 Å². The molecule has 0 atom stereocenters. The Morgan fingerprint density at radius 2 is 1.76 bits per heavy atom. The fraction of sp³-hybridized carbons (Fsp3) is 0.294. The molecule has 0 spiro atoms. The van der Waals surface area contributed by atoms with Crippen LogP contribution in [0.5, 0.6) is 0 Å². The van der Waals surface area contributed by atoms with Crippen LogP contribution in [-0.4, -0.2) is 26.2 Å². The number of piperazine rings is 1. The maximum Gasteiger partial charge on any atom is 0.103 e. The minimum atomic E-state index is 0.817. The summed E-state index contributed by atoms with van der Waals surface area (Å²) in [4.78, 5) is 4.08. The van der Waals surface area contributed by atoms with Gasteiger partial charge in [0, 0.05) is 20.7 Å². The summed E-state index contributed by atoms with van der Waals surface area (Å²) in [6.07, 6.45) is 0. The average Bonchev–Trinajstić information content (AvgIpc) is 2.50. The van der Waals surface area contributed by atoms with E-state index in [-0.39, 0.29) is 0 Å². The van der Waals surface area contributed by atoms with Crippen molar-refractivity contribution in [1.82, 2.24) is 0 Å². The molecule has 0 bridgehead atoms. The molecule has 0 aromatic heterocycles. The minimum absolute atomic E-state index is 0.817. The van der Waals surface area contributed by atoms with Gasteiger partial charge >= 0.3 is 0 Å². The van der Waals surface area contributed by atoms with Crippen LogP contribution in [0.25, 0.3) is 0 Å². The molecule has 3 rings (SSSR count). The smallest absolute Gasteiger partial charge is 0.103 e. The zero-order valence-electron chi connectivity index (χ0n) is 11.9. The topological polar surface area (TPSA) is 7.68 Å². The van der Waals surface area contributed by atoms with Crippen LogP contribution in [0.1, 0.15) is 5.56 Å². The lowest BCUT2D eigenvalue weighted by Gasteiger charge is -2.33. The largest absolute Gasteiger partial charge is 0.360 e. The molecule has 1 saturated heterocycles. The maximum absolute atomic E-state index is 6.08. The first-order chi connectivity index (χ1) is 10.2. The molecule has 21 heavy (non-hydrogen) atoms. The van der Waals surface area contributed by atoms with Crippen LogP contribution in [0.3, 0.4) is 0 Å². The van der Waals surface area contributed by atoms with Gasteiger partial charge in [0.15, 0.2) is 0 Å². The van der Waals surface area contributed by atoms with E-state index in [2.05, 4.69) is 57.2 Å². The predicted molar refractivity (Wildman–Crippen MR) is 92.2 cm³/mol. The summed E-state index contributed by atoms with van der Waals surface area (Å²) in [6, 6.07) is 16.8. The molecule has 1 N–H and O–H groups in total. The molecule has 2 aromatic rings. The molecule has 0 radical (unpaired) electrons. The third-order valence-electron chi connectivity index (χ3n) is 4.01. The van der Waals surface area contributed by atoms with Crippen molar-refractivity contribution in [2.24, 2.45) is 0 Å². The minimum Gasteiger partial charge on any atom is -0.360 e. The summed E-state index contributed by atoms with van der Waals surface area (Å²) in [5, 5.41) is 0.817. The molecule has 2 aromatic carbocycles. The lowest BCUT2D eigenvalue weighted by molar-refractivity contribution is -0.914. The van der Waals surface area contributed by atoms with E-state index < -0.39 is 0 Å². The fourth-order valence-corrected chi connectivity index (χ4v) is 3.27. The van der Waals surface area contributed by atoms with Gasteiger partial charge < -0.3 is 9.80 Å². The maximum atomic E-state index is 6.08. The van der Waals surface area contributed by atoms with E-state index in [4.69, 9.17) is 11.6 Å². The van der Waals surface area contributed by atoms with Gasteiger partial charge in [-0.2, -0.15) is 0 Å².